The van der Waals surface area contributed by atoms with Crippen LogP contribution in [0.3, 0.4) is 0 Å². The van der Waals surface area contributed by atoms with Crippen LogP contribution in [0.4, 0.5) is 13.9 Å². The van der Waals surface area contributed by atoms with Crippen molar-refractivity contribution in [3.05, 3.63) is 10.6 Å². The number of anilines is 1. The molecule has 1 fully saturated rings. The molecule has 0 aromatic carbocycles. The summed E-state index contributed by atoms with van der Waals surface area (Å²) in [6, 6.07) is -0.223. The lowest BCUT2D eigenvalue weighted by atomic mass is 9.88. The van der Waals surface area contributed by atoms with E-state index in [1.54, 1.807) is 0 Å². The zero-order valence-electron chi connectivity index (χ0n) is 11.1. The number of nitrogens with one attached hydrogen (secondary N) is 1. The van der Waals surface area contributed by atoms with E-state index in [1.807, 2.05) is 13.8 Å². The zero-order valence-corrected chi connectivity index (χ0v) is 11.9. The van der Waals surface area contributed by atoms with Crippen molar-refractivity contribution >= 4 is 22.3 Å². The molecule has 3 nitrogen and oxygen atoms in total. The van der Waals surface area contributed by atoms with E-state index in [9.17, 15) is 13.6 Å². The minimum Gasteiger partial charge on any atom is -0.358 e. The molecule has 0 spiro atoms. The van der Waals surface area contributed by atoms with Gasteiger partial charge >= 0.3 is 0 Å². The number of nitrogens with zero attached hydrogens (tertiary/aromatic N) is 1. The maximum Gasteiger partial charge on any atom is 0.252 e. The van der Waals surface area contributed by atoms with Gasteiger partial charge in [0.1, 0.15) is 5.69 Å². The fourth-order valence-corrected chi connectivity index (χ4v) is 3.02. The first-order chi connectivity index (χ1) is 8.91. The van der Waals surface area contributed by atoms with Gasteiger partial charge in [-0.2, -0.15) is 0 Å². The fourth-order valence-electron chi connectivity index (χ4n) is 2.11. The zero-order chi connectivity index (χ0) is 14.0. The van der Waals surface area contributed by atoms with Gasteiger partial charge in [0, 0.05) is 30.2 Å². The Morgan fingerprint density at radius 1 is 1.53 bits per heavy atom. The molecule has 1 aliphatic carbocycles. The summed E-state index contributed by atoms with van der Waals surface area (Å²) in [7, 11) is 0. The van der Waals surface area contributed by atoms with Gasteiger partial charge in [-0.25, -0.2) is 13.8 Å². The number of hydrogen-bond acceptors (Lipinski definition) is 4. The predicted octanol–water partition coefficient (Wildman–Crippen LogP) is 4.03. The van der Waals surface area contributed by atoms with Crippen LogP contribution in [0.25, 0.3) is 0 Å². The lowest BCUT2D eigenvalue weighted by Gasteiger charge is -2.35. The Labute approximate surface area is 115 Å². The van der Waals surface area contributed by atoms with E-state index in [0.29, 0.717) is 17.2 Å². The van der Waals surface area contributed by atoms with Gasteiger partial charge in [-0.05, 0) is 13.3 Å². The summed E-state index contributed by atoms with van der Waals surface area (Å²) >= 11 is 1.37. The van der Waals surface area contributed by atoms with Crippen molar-refractivity contribution < 1.29 is 13.6 Å². The lowest BCUT2D eigenvalue weighted by molar-refractivity contribution is -0.0793. The SMILES string of the molecule is CCCCC(=O)c1nc(NC2CC(F)(F)C2)sc1C. The number of Topliss-reactive ketones (excluding diaryl/α,β-unsaturated/α-hetero) is 1. The minimum atomic E-state index is -2.54. The number of aromatic nitrogens is 1. The van der Waals surface area contributed by atoms with Crippen LogP contribution in [0, 0.1) is 6.92 Å². The van der Waals surface area contributed by atoms with Crippen molar-refractivity contribution in [3.8, 4) is 0 Å². The Bertz CT molecular complexity index is 465. The molecule has 0 unspecified atom stereocenters. The highest BCUT2D eigenvalue weighted by Gasteiger charge is 2.45. The van der Waals surface area contributed by atoms with Gasteiger partial charge in [0.05, 0.1) is 0 Å². The van der Waals surface area contributed by atoms with Crippen LogP contribution in [0.15, 0.2) is 0 Å². The van der Waals surface area contributed by atoms with Crippen LogP contribution in [-0.4, -0.2) is 22.7 Å². The van der Waals surface area contributed by atoms with E-state index in [1.165, 1.54) is 11.3 Å². The summed E-state index contributed by atoms with van der Waals surface area (Å²) in [5.74, 6) is -2.49. The summed E-state index contributed by atoms with van der Waals surface area (Å²) in [6.07, 6.45) is 2.03. The van der Waals surface area contributed by atoms with Gasteiger partial charge in [0.2, 0.25) is 0 Å². The maximum atomic E-state index is 12.7. The first kappa shape index (κ1) is 14.4. The maximum absolute atomic E-state index is 12.7. The van der Waals surface area contributed by atoms with Gasteiger partial charge in [-0.1, -0.05) is 13.3 Å². The second kappa shape index (κ2) is 5.53. The van der Waals surface area contributed by atoms with E-state index in [0.717, 1.165) is 17.7 Å². The van der Waals surface area contributed by atoms with E-state index in [2.05, 4.69) is 10.3 Å². The highest BCUT2D eigenvalue weighted by molar-refractivity contribution is 7.15. The predicted molar refractivity (Wildman–Crippen MR) is 72.3 cm³/mol. The molecule has 0 bridgehead atoms. The monoisotopic (exact) mass is 288 g/mol. The largest absolute Gasteiger partial charge is 0.358 e. The van der Waals surface area contributed by atoms with Crippen molar-refractivity contribution in [2.45, 2.75) is 57.9 Å². The molecule has 1 heterocycles. The minimum absolute atomic E-state index is 0.0441. The molecule has 1 saturated carbocycles. The van der Waals surface area contributed by atoms with Crippen LogP contribution in [0.2, 0.25) is 0 Å². The van der Waals surface area contributed by atoms with Crippen molar-refractivity contribution in [2.24, 2.45) is 0 Å². The number of aryl methyl sites for hydroxylation is 1. The molecule has 0 saturated heterocycles. The summed E-state index contributed by atoms with van der Waals surface area (Å²) in [5.41, 5.74) is 0.493. The van der Waals surface area contributed by atoms with Crippen molar-refractivity contribution in [2.75, 3.05) is 5.32 Å². The molecule has 2 rings (SSSR count). The first-order valence-electron chi connectivity index (χ1n) is 6.56. The number of carbonyl (C=O) groups excluding carboxylic acids is 1. The van der Waals surface area contributed by atoms with E-state index < -0.39 is 5.92 Å². The summed E-state index contributed by atoms with van der Waals surface area (Å²) < 4.78 is 25.5. The Balaban J connectivity index is 1.95. The molecular formula is C13H18F2N2OS. The molecule has 0 amide bonds. The highest BCUT2D eigenvalue weighted by atomic mass is 32.1. The number of unbranched alkanes of at least 4 members (excludes halogenated alkanes) is 1. The van der Waals surface area contributed by atoms with Crippen molar-refractivity contribution in [3.63, 3.8) is 0 Å². The first-order valence-corrected chi connectivity index (χ1v) is 7.38. The van der Waals surface area contributed by atoms with Crippen LogP contribution in [0.1, 0.15) is 54.4 Å². The summed E-state index contributed by atoms with van der Waals surface area (Å²) in [6.45, 7) is 3.88. The third kappa shape index (κ3) is 3.49. The fraction of sp³-hybridized carbons (Fsp3) is 0.692. The number of halogens is 2. The molecule has 0 atom stereocenters. The second-order valence-electron chi connectivity index (χ2n) is 5.06. The number of thiazole rings is 1. The molecule has 19 heavy (non-hydrogen) atoms. The number of hydrogen-bond donors (Lipinski definition) is 1. The van der Waals surface area contributed by atoms with Gasteiger partial charge < -0.3 is 5.32 Å². The van der Waals surface area contributed by atoms with E-state index in [-0.39, 0.29) is 24.7 Å². The Kier molecular flexibility index (Phi) is 4.18. The average molecular weight is 288 g/mol. The van der Waals surface area contributed by atoms with Crippen LogP contribution < -0.4 is 5.32 Å². The molecule has 1 aliphatic rings. The third-order valence-corrected chi connectivity index (χ3v) is 4.14. The number of carbonyl (C=O) groups is 1. The molecule has 6 heteroatoms. The number of rotatable bonds is 6. The van der Waals surface area contributed by atoms with Crippen LogP contribution in [0.5, 0.6) is 0 Å². The second-order valence-corrected chi connectivity index (χ2v) is 6.26. The molecule has 1 aromatic heterocycles. The third-order valence-electron chi connectivity index (χ3n) is 3.24. The smallest absolute Gasteiger partial charge is 0.252 e. The lowest BCUT2D eigenvalue weighted by Crippen LogP contribution is -2.44. The summed E-state index contributed by atoms with van der Waals surface area (Å²) in [4.78, 5) is 17.0. The topological polar surface area (TPSA) is 42.0 Å². The highest BCUT2D eigenvalue weighted by Crippen LogP contribution is 2.39. The molecule has 1 N–H and O–H groups in total. The van der Waals surface area contributed by atoms with Gasteiger partial charge in [0.25, 0.3) is 5.92 Å². The Morgan fingerprint density at radius 3 is 2.79 bits per heavy atom. The van der Waals surface area contributed by atoms with Crippen LogP contribution in [-0.2, 0) is 0 Å². The van der Waals surface area contributed by atoms with Gasteiger partial charge in [-0.15, -0.1) is 11.3 Å². The summed E-state index contributed by atoms with van der Waals surface area (Å²) in [5, 5.41) is 3.56. The molecule has 0 radical (unpaired) electrons. The number of alkyl halides is 2. The molecular weight excluding hydrogens is 270 g/mol. The van der Waals surface area contributed by atoms with Crippen LogP contribution >= 0.6 is 11.3 Å². The quantitative estimate of drug-likeness (QED) is 0.803. The molecule has 106 valence electrons. The number of ketones is 1. The van der Waals surface area contributed by atoms with Crippen molar-refractivity contribution in [1.29, 1.82) is 0 Å². The standard InChI is InChI=1S/C13H18F2N2OS/c1-3-4-5-10(18)11-8(2)19-12(17-11)16-9-6-13(14,15)7-9/h9H,3-7H2,1-2H3,(H,16,17). The van der Waals surface area contributed by atoms with Gasteiger partial charge in [-0.3, -0.25) is 4.79 Å². The van der Waals surface area contributed by atoms with E-state index in [4.69, 9.17) is 0 Å². The van der Waals surface area contributed by atoms with E-state index >= 15 is 0 Å². The molecule has 0 aliphatic heterocycles. The normalized spacial score (nSPS) is 18.1. The Morgan fingerprint density at radius 2 is 2.21 bits per heavy atom. The average Bonchev–Trinajstić information content (AvgIpc) is 2.65. The van der Waals surface area contributed by atoms with Gasteiger partial charge in [0.15, 0.2) is 10.9 Å². The van der Waals surface area contributed by atoms with Crippen molar-refractivity contribution in [1.82, 2.24) is 4.98 Å². The Hall–Kier alpha value is -1.04. The molecule has 1 aromatic rings.